The number of hydrogen-bond acceptors (Lipinski definition) is 4. The molecule has 0 unspecified atom stereocenters. The standard InChI is InChI=1S/C14H29N3O3S/c1-15(7-4-12-18)21(19,20)17-10-5-14(6-11-17)13-16-8-2-3-9-16/h14,18H,2-13H2,1H3. The highest BCUT2D eigenvalue weighted by Gasteiger charge is 2.31. The fourth-order valence-electron chi connectivity index (χ4n) is 3.26. The lowest BCUT2D eigenvalue weighted by molar-refractivity contribution is 0.199. The first-order valence-corrected chi connectivity index (χ1v) is 9.48. The molecule has 0 aliphatic carbocycles. The third-order valence-electron chi connectivity index (χ3n) is 4.64. The highest BCUT2D eigenvalue weighted by atomic mass is 32.2. The molecule has 2 rings (SSSR count). The van der Waals surface area contributed by atoms with Crippen LogP contribution in [0.1, 0.15) is 32.1 Å². The Morgan fingerprint density at radius 1 is 1.14 bits per heavy atom. The summed E-state index contributed by atoms with van der Waals surface area (Å²) in [4.78, 5) is 2.52. The van der Waals surface area contributed by atoms with E-state index in [4.69, 9.17) is 5.11 Å². The molecule has 2 heterocycles. The van der Waals surface area contributed by atoms with Crippen LogP contribution in [0.3, 0.4) is 0 Å². The lowest BCUT2D eigenvalue weighted by Crippen LogP contribution is -2.47. The van der Waals surface area contributed by atoms with Gasteiger partial charge in [-0.1, -0.05) is 0 Å². The van der Waals surface area contributed by atoms with Gasteiger partial charge in [0, 0.05) is 39.8 Å². The SMILES string of the molecule is CN(CCCO)S(=O)(=O)N1CCC(CN2CCCC2)CC1. The zero-order valence-electron chi connectivity index (χ0n) is 13.1. The van der Waals surface area contributed by atoms with Crippen molar-refractivity contribution in [3.8, 4) is 0 Å². The normalized spacial score (nSPS) is 23.2. The molecule has 0 aromatic carbocycles. The zero-order chi connectivity index (χ0) is 15.3. The molecule has 0 bridgehead atoms. The first kappa shape index (κ1) is 17.1. The van der Waals surface area contributed by atoms with E-state index in [1.54, 1.807) is 11.4 Å². The summed E-state index contributed by atoms with van der Waals surface area (Å²) in [7, 11) is -1.74. The van der Waals surface area contributed by atoms with Gasteiger partial charge in [-0.25, -0.2) is 0 Å². The van der Waals surface area contributed by atoms with Crippen LogP contribution in [-0.2, 0) is 10.2 Å². The van der Waals surface area contributed by atoms with Crippen molar-refractivity contribution in [1.29, 1.82) is 0 Å². The van der Waals surface area contributed by atoms with Gasteiger partial charge in [0.2, 0.25) is 0 Å². The molecule has 0 spiro atoms. The first-order chi connectivity index (χ1) is 10.0. The summed E-state index contributed by atoms with van der Waals surface area (Å²) in [5, 5.41) is 8.82. The molecule has 0 saturated carbocycles. The molecule has 21 heavy (non-hydrogen) atoms. The van der Waals surface area contributed by atoms with Gasteiger partial charge in [0.1, 0.15) is 0 Å². The van der Waals surface area contributed by atoms with Gasteiger partial charge in [0.25, 0.3) is 10.2 Å². The molecule has 0 radical (unpaired) electrons. The predicted molar refractivity (Wildman–Crippen MR) is 83.2 cm³/mol. The number of hydrogen-bond donors (Lipinski definition) is 1. The molecule has 124 valence electrons. The molecule has 1 N–H and O–H groups in total. The summed E-state index contributed by atoms with van der Waals surface area (Å²) in [5.41, 5.74) is 0. The smallest absolute Gasteiger partial charge is 0.281 e. The first-order valence-electron chi connectivity index (χ1n) is 8.08. The van der Waals surface area contributed by atoms with E-state index < -0.39 is 10.2 Å². The quantitative estimate of drug-likeness (QED) is 0.736. The van der Waals surface area contributed by atoms with Crippen LogP contribution in [0.5, 0.6) is 0 Å². The highest BCUT2D eigenvalue weighted by Crippen LogP contribution is 2.23. The van der Waals surface area contributed by atoms with Crippen LogP contribution in [0, 0.1) is 5.92 Å². The summed E-state index contributed by atoms with van der Waals surface area (Å²) in [6.45, 7) is 5.22. The molecule has 6 nitrogen and oxygen atoms in total. The molecule has 7 heteroatoms. The van der Waals surface area contributed by atoms with Gasteiger partial charge in [-0.3, -0.25) is 0 Å². The highest BCUT2D eigenvalue weighted by molar-refractivity contribution is 7.86. The summed E-state index contributed by atoms with van der Waals surface area (Å²) < 4.78 is 27.8. The van der Waals surface area contributed by atoms with Gasteiger partial charge in [0.05, 0.1) is 0 Å². The molecular weight excluding hydrogens is 290 g/mol. The Kier molecular flexibility index (Phi) is 6.43. The zero-order valence-corrected chi connectivity index (χ0v) is 13.9. The minimum Gasteiger partial charge on any atom is -0.396 e. The maximum atomic E-state index is 12.4. The lowest BCUT2D eigenvalue weighted by Gasteiger charge is -2.35. The van der Waals surface area contributed by atoms with Gasteiger partial charge in [-0.05, 0) is 51.1 Å². The van der Waals surface area contributed by atoms with E-state index in [1.807, 2.05) is 0 Å². The number of rotatable bonds is 7. The van der Waals surface area contributed by atoms with Crippen LogP contribution in [0.25, 0.3) is 0 Å². The molecule has 0 atom stereocenters. The van der Waals surface area contributed by atoms with Gasteiger partial charge in [-0.15, -0.1) is 0 Å². The van der Waals surface area contributed by atoms with Gasteiger partial charge in [0.15, 0.2) is 0 Å². The molecule has 2 aliphatic heterocycles. The van der Waals surface area contributed by atoms with Crippen LogP contribution in [0.4, 0.5) is 0 Å². The van der Waals surface area contributed by atoms with Crippen LogP contribution < -0.4 is 0 Å². The number of nitrogens with zero attached hydrogens (tertiary/aromatic N) is 3. The largest absolute Gasteiger partial charge is 0.396 e. The molecule has 0 aromatic rings. The molecular formula is C14H29N3O3S. The second-order valence-electron chi connectivity index (χ2n) is 6.26. The average Bonchev–Trinajstić information content (AvgIpc) is 2.98. The Bertz CT molecular complexity index is 402. The Balaban J connectivity index is 1.79. The van der Waals surface area contributed by atoms with Crippen LogP contribution >= 0.6 is 0 Å². The fraction of sp³-hybridized carbons (Fsp3) is 1.00. The van der Waals surface area contributed by atoms with E-state index in [2.05, 4.69) is 4.90 Å². The van der Waals surface area contributed by atoms with E-state index in [9.17, 15) is 8.42 Å². The third kappa shape index (κ3) is 4.63. The topological polar surface area (TPSA) is 64.1 Å². The summed E-state index contributed by atoms with van der Waals surface area (Å²) >= 11 is 0. The van der Waals surface area contributed by atoms with Crippen molar-refractivity contribution in [2.75, 3.05) is 52.9 Å². The molecule has 2 saturated heterocycles. The van der Waals surface area contributed by atoms with E-state index in [0.29, 0.717) is 32.0 Å². The van der Waals surface area contributed by atoms with Crippen molar-refractivity contribution in [3.63, 3.8) is 0 Å². The number of aliphatic hydroxyl groups excluding tert-OH is 1. The maximum absolute atomic E-state index is 12.4. The monoisotopic (exact) mass is 319 g/mol. The van der Waals surface area contributed by atoms with E-state index >= 15 is 0 Å². The Morgan fingerprint density at radius 3 is 2.33 bits per heavy atom. The van der Waals surface area contributed by atoms with Gasteiger partial charge >= 0.3 is 0 Å². The molecule has 2 fully saturated rings. The second kappa shape index (κ2) is 7.87. The summed E-state index contributed by atoms with van der Waals surface area (Å²) in [6.07, 6.45) is 5.03. The Labute approximate surface area is 128 Å². The van der Waals surface area contributed by atoms with Crippen LogP contribution in [0.15, 0.2) is 0 Å². The minimum absolute atomic E-state index is 0.0256. The maximum Gasteiger partial charge on any atom is 0.281 e. The van der Waals surface area contributed by atoms with Crippen LogP contribution in [0.2, 0.25) is 0 Å². The minimum atomic E-state index is -3.34. The third-order valence-corrected chi connectivity index (χ3v) is 6.63. The number of piperidine rings is 1. The van der Waals surface area contributed by atoms with E-state index in [-0.39, 0.29) is 6.61 Å². The summed E-state index contributed by atoms with van der Waals surface area (Å²) in [5.74, 6) is 0.636. The van der Waals surface area contributed by atoms with Gasteiger partial charge in [-0.2, -0.15) is 17.0 Å². The lowest BCUT2D eigenvalue weighted by atomic mass is 9.98. The molecule has 0 aromatic heterocycles. The van der Waals surface area contributed by atoms with Crippen LogP contribution in [-0.4, -0.2) is 80.0 Å². The second-order valence-corrected chi connectivity index (χ2v) is 8.29. The van der Waals surface area contributed by atoms with E-state index in [0.717, 1.165) is 19.4 Å². The number of aliphatic hydroxyl groups is 1. The van der Waals surface area contributed by atoms with Crippen molar-refractivity contribution in [1.82, 2.24) is 13.5 Å². The molecule has 0 amide bonds. The van der Waals surface area contributed by atoms with Crippen molar-refractivity contribution >= 4 is 10.2 Å². The summed E-state index contributed by atoms with van der Waals surface area (Å²) in [6, 6.07) is 0. The predicted octanol–water partition coefficient (Wildman–Crippen LogP) is 0.353. The van der Waals surface area contributed by atoms with Crippen molar-refractivity contribution in [2.24, 2.45) is 5.92 Å². The Morgan fingerprint density at radius 2 is 1.76 bits per heavy atom. The van der Waals surface area contributed by atoms with E-state index in [1.165, 1.54) is 30.2 Å². The average molecular weight is 319 g/mol. The van der Waals surface area contributed by atoms with Crippen molar-refractivity contribution in [3.05, 3.63) is 0 Å². The fourth-order valence-corrected chi connectivity index (χ4v) is 4.69. The molecule has 2 aliphatic rings. The van der Waals surface area contributed by atoms with Gasteiger partial charge < -0.3 is 10.0 Å². The Hall–Kier alpha value is -0.210. The van der Waals surface area contributed by atoms with Crippen molar-refractivity contribution < 1.29 is 13.5 Å². The number of likely N-dealkylation sites (tertiary alicyclic amines) is 1. The van der Waals surface area contributed by atoms with Crippen molar-refractivity contribution in [2.45, 2.75) is 32.1 Å².